The highest BCUT2D eigenvalue weighted by molar-refractivity contribution is 5.80. The van der Waals surface area contributed by atoms with Gasteiger partial charge in [-0.15, -0.1) is 0 Å². The lowest BCUT2D eigenvalue weighted by Crippen LogP contribution is -2.36. The largest absolute Gasteiger partial charge is 0.497 e. The molecule has 0 radical (unpaired) electrons. The molecule has 1 rings (SSSR count). The molecule has 1 amide bonds. The number of rotatable bonds is 8. The molecule has 0 aliphatic rings. The van der Waals surface area contributed by atoms with Crippen LogP contribution < -0.4 is 14.8 Å². The van der Waals surface area contributed by atoms with Crippen LogP contribution in [0, 0.1) is 5.92 Å². The summed E-state index contributed by atoms with van der Waals surface area (Å²) in [6, 6.07) is 7.20. The fourth-order valence-electron chi connectivity index (χ4n) is 1.78. The van der Waals surface area contributed by atoms with E-state index in [1.807, 2.05) is 12.1 Å². The first-order valence-corrected chi connectivity index (χ1v) is 7.11. The Morgan fingerprint density at radius 1 is 1.15 bits per heavy atom. The molecule has 20 heavy (non-hydrogen) atoms. The van der Waals surface area contributed by atoms with Crippen molar-refractivity contribution in [3.8, 4) is 11.5 Å². The smallest absolute Gasteiger partial charge is 0.260 e. The van der Waals surface area contributed by atoms with Crippen LogP contribution in [0.25, 0.3) is 0 Å². The number of hydrogen-bond donors (Lipinski definition) is 1. The molecule has 0 aromatic heterocycles. The number of hydrogen-bond acceptors (Lipinski definition) is 3. The number of ether oxygens (including phenoxy) is 2. The summed E-state index contributed by atoms with van der Waals surface area (Å²) in [6.07, 6.45) is 1.62. The van der Waals surface area contributed by atoms with Gasteiger partial charge < -0.3 is 14.8 Å². The van der Waals surface area contributed by atoms with Crippen molar-refractivity contribution >= 4 is 5.91 Å². The van der Waals surface area contributed by atoms with Gasteiger partial charge in [0.25, 0.3) is 5.91 Å². The summed E-state index contributed by atoms with van der Waals surface area (Å²) in [7, 11) is 1.61. The van der Waals surface area contributed by atoms with Gasteiger partial charge in [0.15, 0.2) is 6.10 Å². The van der Waals surface area contributed by atoms with Gasteiger partial charge in [-0.3, -0.25) is 4.79 Å². The van der Waals surface area contributed by atoms with E-state index in [1.54, 1.807) is 26.2 Å². The molecule has 0 saturated heterocycles. The molecule has 0 bridgehead atoms. The quantitative estimate of drug-likeness (QED) is 0.744. The topological polar surface area (TPSA) is 47.6 Å². The summed E-state index contributed by atoms with van der Waals surface area (Å²) in [4.78, 5) is 11.9. The third kappa shape index (κ3) is 5.95. The summed E-state index contributed by atoms with van der Waals surface area (Å²) < 4.78 is 10.7. The molecule has 1 N–H and O–H groups in total. The minimum atomic E-state index is -0.498. The van der Waals surface area contributed by atoms with Gasteiger partial charge in [-0.25, -0.2) is 0 Å². The lowest BCUT2D eigenvalue weighted by molar-refractivity contribution is -0.127. The zero-order valence-corrected chi connectivity index (χ0v) is 12.8. The molecule has 4 heteroatoms. The second kappa shape index (κ2) is 8.46. The molecule has 0 fully saturated rings. The van der Waals surface area contributed by atoms with E-state index >= 15 is 0 Å². The molecule has 1 unspecified atom stereocenters. The van der Waals surface area contributed by atoms with Crippen LogP contribution in [0.4, 0.5) is 0 Å². The molecule has 1 aromatic rings. The minimum absolute atomic E-state index is 0.0791. The first-order valence-electron chi connectivity index (χ1n) is 7.11. The van der Waals surface area contributed by atoms with Crippen molar-refractivity contribution in [2.45, 2.75) is 39.7 Å². The molecule has 0 spiro atoms. The highest BCUT2D eigenvalue weighted by atomic mass is 16.5. The first-order chi connectivity index (χ1) is 9.52. The number of carbonyl (C=O) groups is 1. The fourth-order valence-corrected chi connectivity index (χ4v) is 1.78. The lowest BCUT2D eigenvalue weighted by Gasteiger charge is -2.15. The number of benzene rings is 1. The van der Waals surface area contributed by atoms with E-state index in [0.717, 1.165) is 18.6 Å². The van der Waals surface area contributed by atoms with Gasteiger partial charge in [-0.1, -0.05) is 13.8 Å². The molecular weight excluding hydrogens is 254 g/mol. The zero-order chi connectivity index (χ0) is 15.0. The molecule has 0 aliphatic carbocycles. The van der Waals surface area contributed by atoms with Gasteiger partial charge in [-0.2, -0.15) is 0 Å². The van der Waals surface area contributed by atoms with Gasteiger partial charge in [0.1, 0.15) is 11.5 Å². The molecule has 1 atom stereocenters. The Bertz CT molecular complexity index is 401. The predicted octanol–water partition coefficient (Wildman–Crippen LogP) is 3.01. The van der Waals surface area contributed by atoms with E-state index in [2.05, 4.69) is 19.2 Å². The zero-order valence-electron chi connectivity index (χ0n) is 12.8. The van der Waals surface area contributed by atoms with Crippen molar-refractivity contribution in [1.29, 1.82) is 0 Å². The van der Waals surface area contributed by atoms with Crippen molar-refractivity contribution in [3.05, 3.63) is 24.3 Å². The van der Waals surface area contributed by atoms with Crippen LogP contribution in [-0.4, -0.2) is 25.7 Å². The van der Waals surface area contributed by atoms with Crippen LogP contribution in [0.3, 0.4) is 0 Å². The fraction of sp³-hybridized carbons (Fsp3) is 0.562. The van der Waals surface area contributed by atoms with Crippen LogP contribution in [0.1, 0.15) is 33.6 Å². The van der Waals surface area contributed by atoms with Crippen LogP contribution in [-0.2, 0) is 4.79 Å². The second-order valence-corrected chi connectivity index (χ2v) is 5.26. The Morgan fingerprint density at radius 2 is 1.75 bits per heavy atom. The Hall–Kier alpha value is -1.71. The monoisotopic (exact) mass is 279 g/mol. The Kier molecular flexibility index (Phi) is 6.91. The third-order valence-electron chi connectivity index (χ3n) is 3.00. The van der Waals surface area contributed by atoms with Gasteiger partial charge in [0.05, 0.1) is 7.11 Å². The van der Waals surface area contributed by atoms with Crippen LogP contribution >= 0.6 is 0 Å². The highest BCUT2D eigenvalue weighted by Gasteiger charge is 2.13. The average molecular weight is 279 g/mol. The molecule has 0 aliphatic heterocycles. The van der Waals surface area contributed by atoms with Crippen molar-refractivity contribution < 1.29 is 14.3 Å². The molecule has 0 heterocycles. The maximum Gasteiger partial charge on any atom is 0.260 e. The van der Waals surface area contributed by atoms with E-state index < -0.39 is 6.10 Å². The van der Waals surface area contributed by atoms with Crippen LogP contribution in [0.5, 0.6) is 11.5 Å². The maximum atomic E-state index is 11.9. The number of nitrogens with one attached hydrogen (secondary N) is 1. The van der Waals surface area contributed by atoms with E-state index in [4.69, 9.17) is 9.47 Å². The molecular formula is C16H25NO3. The van der Waals surface area contributed by atoms with Crippen molar-refractivity contribution in [3.63, 3.8) is 0 Å². The molecule has 4 nitrogen and oxygen atoms in total. The Balaban J connectivity index is 2.33. The van der Waals surface area contributed by atoms with Crippen molar-refractivity contribution in [1.82, 2.24) is 5.32 Å². The van der Waals surface area contributed by atoms with E-state index in [9.17, 15) is 4.79 Å². The normalized spacial score (nSPS) is 12.1. The SMILES string of the molecule is COc1ccc(OC(C)C(=O)NCCCC(C)C)cc1. The average Bonchev–Trinajstić information content (AvgIpc) is 2.44. The summed E-state index contributed by atoms with van der Waals surface area (Å²) in [5.41, 5.74) is 0. The van der Waals surface area contributed by atoms with Crippen LogP contribution in [0.15, 0.2) is 24.3 Å². The molecule has 112 valence electrons. The summed E-state index contributed by atoms with van der Waals surface area (Å²) in [6.45, 7) is 6.81. The first kappa shape index (κ1) is 16.3. The predicted molar refractivity (Wildman–Crippen MR) is 80.2 cm³/mol. The van der Waals surface area contributed by atoms with Gasteiger partial charge in [-0.05, 0) is 49.9 Å². The van der Waals surface area contributed by atoms with Gasteiger partial charge in [0.2, 0.25) is 0 Å². The van der Waals surface area contributed by atoms with Gasteiger partial charge >= 0.3 is 0 Å². The lowest BCUT2D eigenvalue weighted by atomic mass is 10.1. The van der Waals surface area contributed by atoms with Gasteiger partial charge in [0, 0.05) is 6.54 Å². The Morgan fingerprint density at radius 3 is 2.30 bits per heavy atom. The van der Waals surface area contributed by atoms with E-state index in [1.165, 1.54) is 0 Å². The van der Waals surface area contributed by atoms with Crippen molar-refractivity contribution in [2.75, 3.05) is 13.7 Å². The number of carbonyl (C=O) groups excluding carboxylic acids is 1. The van der Waals surface area contributed by atoms with E-state index in [-0.39, 0.29) is 5.91 Å². The summed E-state index contributed by atoms with van der Waals surface area (Å²) in [5.74, 6) is 2.02. The second-order valence-electron chi connectivity index (χ2n) is 5.26. The number of methoxy groups -OCH3 is 1. The Labute approximate surface area is 121 Å². The van der Waals surface area contributed by atoms with Crippen molar-refractivity contribution in [2.24, 2.45) is 5.92 Å². The maximum absolute atomic E-state index is 11.9. The summed E-state index contributed by atoms with van der Waals surface area (Å²) in [5, 5.41) is 2.89. The third-order valence-corrected chi connectivity index (χ3v) is 3.00. The molecule has 1 aromatic carbocycles. The number of amides is 1. The standard InChI is InChI=1S/C16H25NO3/c1-12(2)6-5-11-17-16(18)13(3)20-15-9-7-14(19-4)8-10-15/h7-10,12-13H,5-6,11H2,1-4H3,(H,17,18). The highest BCUT2D eigenvalue weighted by Crippen LogP contribution is 2.18. The molecule has 0 saturated carbocycles. The summed E-state index contributed by atoms with van der Waals surface area (Å²) >= 11 is 0. The minimum Gasteiger partial charge on any atom is -0.497 e. The van der Waals surface area contributed by atoms with Crippen LogP contribution in [0.2, 0.25) is 0 Å². The van der Waals surface area contributed by atoms with E-state index in [0.29, 0.717) is 18.2 Å².